The second kappa shape index (κ2) is 7.43. The van der Waals surface area contributed by atoms with Crippen molar-refractivity contribution in [2.45, 2.75) is 11.7 Å². The Bertz CT molecular complexity index is 1380. The molecule has 2 aliphatic heterocycles. The molecule has 6 nitrogen and oxygen atoms in total. The topological polar surface area (TPSA) is 80.8 Å². The molecule has 8 heteroatoms. The number of Topliss-reactive ketones (excluding diaryl/α,β-unsaturated/α-hetero) is 2. The molecule has 2 amide bonds. The average Bonchev–Trinajstić information content (AvgIpc) is 3.40. The van der Waals surface area contributed by atoms with Crippen LogP contribution in [0.25, 0.3) is 0 Å². The van der Waals surface area contributed by atoms with Gasteiger partial charge in [-0.15, -0.1) is 0 Å². The number of ether oxygens (including phenoxy) is 1. The summed E-state index contributed by atoms with van der Waals surface area (Å²) in [5.74, 6) is -4.78. The maximum atomic E-state index is 13.8. The molecule has 0 aromatic heterocycles. The molecule has 2 fully saturated rings. The van der Waals surface area contributed by atoms with Crippen LogP contribution in [0.2, 0.25) is 5.02 Å². The van der Waals surface area contributed by atoms with Gasteiger partial charge in [0.15, 0.2) is 0 Å². The minimum Gasteiger partial charge on any atom is -0.349 e. The Labute approximate surface area is 207 Å². The van der Waals surface area contributed by atoms with Gasteiger partial charge in [0.05, 0.1) is 28.6 Å². The van der Waals surface area contributed by atoms with Crippen LogP contribution in [0.5, 0.6) is 0 Å². The number of ketones is 2. The summed E-state index contributed by atoms with van der Waals surface area (Å²) in [4.78, 5) is 56.0. The smallest absolute Gasteiger partial charge is 0.241 e. The van der Waals surface area contributed by atoms with Crippen molar-refractivity contribution in [2.75, 3.05) is 4.90 Å². The zero-order valence-electron chi connectivity index (χ0n) is 17.4. The van der Waals surface area contributed by atoms with Crippen LogP contribution in [0.3, 0.4) is 0 Å². The zero-order chi connectivity index (χ0) is 23.8. The van der Waals surface area contributed by atoms with E-state index < -0.39 is 46.9 Å². The van der Waals surface area contributed by atoms with Crippen LogP contribution in [-0.2, 0) is 14.3 Å². The van der Waals surface area contributed by atoms with Gasteiger partial charge in [-0.05, 0) is 29.8 Å². The van der Waals surface area contributed by atoms with E-state index >= 15 is 0 Å². The molecule has 0 unspecified atom stereocenters. The van der Waals surface area contributed by atoms with Crippen molar-refractivity contribution in [3.8, 4) is 0 Å². The Morgan fingerprint density at radius 2 is 1.38 bits per heavy atom. The number of hydrogen-bond donors (Lipinski definition) is 0. The molecule has 1 spiro atoms. The van der Waals surface area contributed by atoms with E-state index in [0.717, 1.165) is 9.37 Å². The van der Waals surface area contributed by atoms with Crippen molar-refractivity contribution in [1.29, 1.82) is 0 Å². The Balaban J connectivity index is 1.56. The first-order chi connectivity index (χ1) is 16.4. The van der Waals surface area contributed by atoms with E-state index in [2.05, 4.69) is 15.9 Å². The third-order valence-electron chi connectivity index (χ3n) is 6.81. The van der Waals surface area contributed by atoms with Gasteiger partial charge >= 0.3 is 0 Å². The molecule has 2 saturated heterocycles. The summed E-state index contributed by atoms with van der Waals surface area (Å²) in [6, 6.07) is 19.9. The van der Waals surface area contributed by atoms with E-state index in [1.165, 1.54) is 0 Å². The molecule has 0 N–H and O–H groups in total. The predicted octanol–water partition coefficient (Wildman–Crippen LogP) is 4.80. The third kappa shape index (κ3) is 2.66. The highest BCUT2D eigenvalue weighted by molar-refractivity contribution is 9.10. The van der Waals surface area contributed by atoms with Gasteiger partial charge in [-0.1, -0.05) is 76.1 Å². The van der Waals surface area contributed by atoms with Crippen LogP contribution in [0.1, 0.15) is 32.4 Å². The number of halogens is 2. The van der Waals surface area contributed by atoms with Gasteiger partial charge in [0, 0.05) is 15.6 Å². The molecule has 3 aromatic carbocycles. The first-order valence-corrected chi connectivity index (χ1v) is 11.8. The summed E-state index contributed by atoms with van der Waals surface area (Å²) < 4.78 is 7.06. The fourth-order valence-electron chi connectivity index (χ4n) is 5.34. The summed E-state index contributed by atoms with van der Waals surface area (Å²) in [6.07, 6.45) is -0.968. The van der Waals surface area contributed by atoms with E-state index in [0.29, 0.717) is 5.56 Å². The van der Waals surface area contributed by atoms with Crippen LogP contribution < -0.4 is 4.90 Å². The van der Waals surface area contributed by atoms with Crippen molar-refractivity contribution in [1.82, 2.24) is 0 Å². The van der Waals surface area contributed by atoms with Crippen LogP contribution in [-0.4, -0.2) is 29.0 Å². The summed E-state index contributed by atoms with van der Waals surface area (Å²) in [5.41, 5.74) is -0.907. The molecule has 0 saturated carbocycles. The van der Waals surface area contributed by atoms with Crippen LogP contribution in [0.4, 0.5) is 5.69 Å². The highest BCUT2D eigenvalue weighted by atomic mass is 79.9. The summed E-state index contributed by atoms with van der Waals surface area (Å²) in [6.45, 7) is 0. The lowest BCUT2D eigenvalue weighted by Gasteiger charge is -2.27. The molecule has 0 radical (unpaired) electrons. The Morgan fingerprint density at radius 3 is 2.00 bits per heavy atom. The normalized spacial score (nSPS) is 24.8. The maximum absolute atomic E-state index is 13.8. The number of benzene rings is 3. The number of imide groups is 1. The number of hydrogen-bond acceptors (Lipinski definition) is 5. The van der Waals surface area contributed by atoms with Gasteiger partial charge in [-0.3, -0.25) is 19.2 Å². The largest absolute Gasteiger partial charge is 0.349 e. The van der Waals surface area contributed by atoms with Crippen LogP contribution in [0.15, 0.2) is 77.3 Å². The number of carbonyl (C=O) groups excluding carboxylic acids is 4. The number of para-hydroxylation sites is 1. The lowest BCUT2D eigenvalue weighted by molar-refractivity contribution is -0.127. The zero-order valence-corrected chi connectivity index (χ0v) is 19.7. The molecular formula is C26H15BrClNO5. The monoisotopic (exact) mass is 535 g/mol. The highest BCUT2D eigenvalue weighted by Gasteiger charge is 2.74. The second-order valence-electron chi connectivity index (χ2n) is 8.50. The predicted molar refractivity (Wildman–Crippen MR) is 127 cm³/mol. The first kappa shape index (κ1) is 21.4. The van der Waals surface area contributed by atoms with Crippen molar-refractivity contribution in [3.05, 3.63) is 99.0 Å². The summed E-state index contributed by atoms with van der Waals surface area (Å²) in [7, 11) is 0. The number of amides is 2. The van der Waals surface area contributed by atoms with E-state index in [4.69, 9.17) is 16.3 Å². The van der Waals surface area contributed by atoms with Gasteiger partial charge in [0.2, 0.25) is 29.0 Å². The Hall–Kier alpha value is -3.13. The summed E-state index contributed by atoms with van der Waals surface area (Å²) in [5, 5.41) is 0.215. The van der Waals surface area contributed by atoms with Crippen LogP contribution >= 0.6 is 27.5 Å². The fraction of sp³-hybridized carbons (Fsp3) is 0.154. The lowest BCUT2D eigenvalue weighted by atomic mass is 9.77. The lowest BCUT2D eigenvalue weighted by Crippen LogP contribution is -2.51. The second-order valence-corrected chi connectivity index (χ2v) is 9.82. The van der Waals surface area contributed by atoms with E-state index in [-0.39, 0.29) is 21.8 Å². The van der Waals surface area contributed by atoms with Crippen molar-refractivity contribution in [2.24, 2.45) is 11.8 Å². The minimum absolute atomic E-state index is 0.194. The highest BCUT2D eigenvalue weighted by Crippen LogP contribution is 2.58. The molecule has 3 aromatic rings. The molecule has 0 bridgehead atoms. The van der Waals surface area contributed by atoms with E-state index in [1.54, 1.807) is 72.8 Å². The van der Waals surface area contributed by atoms with Crippen molar-refractivity contribution in [3.63, 3.8) is 0 Å². The van der Waals surface area contributed by atoms with Crippen molar-refractivity contribution < 1.29 is 23.9 Å². The third-order valence-corrected chi connectivity index (χ3v) is 7.66. The fourth-order valence-corrected chi connectivity index (χ4v) is 5.83. The van der Waals surface area contributed by atoms with Gasteiger partial charge in [-0.25, -0.2) is 4.90 Å². The van der Waals surface area contributed by atoms with Crippen LogP contribution in [0, 0.1) is 11.8 Å². The molecule has 2 heterocycles. The average molecular weight is 537 g/mol. The molecule has 168 valence electrons. The minimum atomic E-state index is -2.10. The molecule has 1 aliphatic carbocycles. The molecule has 3 atom stereocenters. The number of carbonyl (C=O) groups is 4. The SMILES string of the molecule is O=C1[C@@H]2[C@H](c3ccc(Br)cc3)OC3(C(=O)c4ccccc4C3=O)[C@H]2C(=O)N1c1ccccc1Cl. The van der Waals surface area contributed by atoms with Gasteiger partial charge in [0.25, 0.3) is 0 Å². The van der Waals surface area contributed by atoms with Gasteiger partial charge in [-0.2, -0.15) is 0 Å². The van der Waals surface area contributed by atoms with E-state index in [1.807, 2.05) is 0 Å². The van der Waals surface area contributed by atoms with Crippen molar-refractivity contribution >= 4 is 56.6 Å². The van der Waals surface area contributed by atoms with E-state index in [9.17, 15) is 19.2 Å². The molecule has 34 heavy (non-hydrogen) atoms. The standard InChI is InChI=1S/C26H15BrClNO5/c27-14-11-9-13(10-12-14)21-19-20(25(33)29(24(19)32)18-8-4-3-7-17(18)28)26(34-21)22(30)15-5-1-2-6-16(15)23(26)31/h1-12,19-21H/t19-,20+,21-/m0/s1. The summed E-state index contributed by atoms with van der Waals surface area (Å²) >= 11 is 9.71. The number of rotatable bonds is 2. The molecular weight excluding hydrogens is 522 g/mol. The van der Waals surface area contributed by atoms with Gasteiger partial charge < -0.3 is 4.74 Å². The first-order valence-electron chi connectivity index (χ1n) is 10.6. The maximum Gasteiger partial charge on any atom is 0.241 e. The number of nitrogens with zero attached hydrogens (tertiary/aromatic N) is 1. The van der Waals surface area contributed by atoms with Gasteiger partial charge in [0.1, 0.15) is 0 Å². The number of fused-ring (bicyclic) bond motifs is 3. The Morgan fingerprint density at radius 1 is 0.794 bits per heavy atom. The quantitative estimate of drug-likeness (QED) is 0.347. The molecule has 6 rings (SSSR count). The number of anilines is 1. The Kier molecular flexibility index (Phi) is 4.68. The molecule has 3 aliphatic rings.